The number of urea groups is 1. The Labute approximate surface area is 139 Å². The molecular weight excluding hydrogens is 319 g/mol. The standard InChI is InChI=1S/C17H22F3N3O/c1-22(11-12-5-2-3-6-13(12)17(18,19)20)16(24)21-14-8-10-23-9-4-7-15(14)23/h2-3,5-6,14-15H,4,7-11H2,1H3,(H,21,24)/t14-,15-/m0/s1. The van der Waals surface area contributed by atoms with Crippen LogP contribution in [-0.4, -0.2) is 48.1 Å². The third-order valence-corrected chi connectivity index (χ3v) is 4.99. The topological polar surface area (TPSA) is 35.6 Å². The van der Waals surface area contributed by atoms with Gasteiger partial charge in [-0.05, 0) is 37.4 Å². The molecule has 2 aliphatic heterocycles. The van der Waals surface area contributed by atoms with E-state index in [1.54, 1.807) is 6.07 Å². The van der Waals surface area contributed by atoms with Crippen molar-refractivity contribution in [3.63, 3.8) is 0 Å². The Bertz CT molecular complexity index is 605. The van der Waals surface area contributed by atoms with Crippen molar-refractivity contribution in [2.24, 2.45) is 0 Å². The summed E-state index contributed by atoms with van der Waals surface area (Å²) < 4.78 is 39.1. The molecule has 0 radical (unpaired) electrons. The number of halogens is 3. The van der Waals surface area contributed by atoms with Crippen LogP contribution in [0.2, 0.25) is 0 Å². The van der Waals surface area contributed by atoms with Crippen molar-refractivity contribution in [1.82, 2.24) is 15.1 Å². The van der Waals surface area contributed by atoms with Crippen molar-refractivity contribution >= 4 is 6.03 Å². The smallest absolute Gasteiger partial charge is 0.334 e. The summed E-state index contributed by atoms with van der Waals surface area (Å²) in [6, 6.07) is 5.55. The molecule has 0 aliphatic carbocycles. The van der Waals surface area contributed by atoms with Gasteiger partial charge in [-0.1, -0.05) is 18.2 Å². The molecule has 2 fully saturated rings. The van der Waals surface area contributed by atoms with E-state index in [-0.39, 0.29) is 24.2 Å². The molecule has 24 heavy (non-hydrogen) atoms. The van der Waals surface area contributed by atoms with Gasteiger partial charge in [0.25, 0.3) is 0 Å². The summed E-state index contributed by atoms with van der Waals surface area (Å²) in [6.45, 7) is 1.99. The molecule has 7 heteroatoms. The van der Waals surface area contributed by atoms with Crippen LogP contribution in [0.3, 0.4) is 0 Å². The van der Waals surface area contributed by atoms with Crippen molar-refractivity contribution < 1.29 is 18.0 Å². The zero-order valence-corrected chi connectivity index (χ0v) is 13.6. The van der Waals surface area contributed by atoms with E-state index in [1.165, 1.54) is 24.1 Å². The lowest BCUT2D eigenvalue weighted by Gasteiger charge is -2.25. The van der Waals surface area contributed by atoms with Crippen molar-refractivity contribution in [1.29, 1.82) is 0 Å². The highest BCUT2D eigenvalue weighted by atomic mass is 19.4. The Hall–Kier alpha value is -1.76. The monoisotopic (exact) mass is 341 g/mol. The van der Waals surface area contributed by atoms with Crippen LogP contribution in [0.5, 0.6) is 0 Å². The van der Waals surface area contributed by atoms with E-state index in [4.69, 9.17) is 0 Å². The summed E-state index contributed by atoms with van der Waals surface area (Å²) in [5.74, 6) is 0. The number of hydrogen-bond acceptors (Lipinski definition) is 2. The second-order valence-corrected chi connectivity index (χ2v) is 6.60. The molecule has 0 aromatic heterocycles. The Morgan fingerprint density at radius 1 is 1.29 bits per heavy atom. The molecule has 1 N–H and O–H groups in total. The van der Waals surface area contributed by atoms with E-state index in [9.17, 15) is 18.0 Å². The molecule has 2 atom stereocenters. The number of fused-ring (bicyclic) bond motifs is 1. The number of nitrogens with one attached hydrogen (secondary N) is 1. The van der Waals surface area contributed by atoms with Gasteiger partial charge >= 0.3 is 12.2 Å². The molecule has 2 heterocycles. The van der Waals surface area contributed by atoms with Crippen molar-refractivity contribution in [2.45, 2.75) is 44.1 Å². The van der Waals surface area contributed by atoms with Gasteiger partial charge < -0.3 is 10.2 Å². The first-order chi connectivity index (χ1) is 11.4. The number of benzene rings is 1. The molecule has 0 spiro atoms. The molecule has 4 nitrogen and oxygen atoms in total. The van der Waals surface area contributed by atoms with Crippen LogP contribution in [0.25, 0.3) is 0 Å². The van der Waals surface area contributed by atoms with Crippen LogP contribution in [-0.2, 0) is 12.7 Å². The third-order valence-electron chi connectivity index (χ3n) is 4.99. The van der Waals surface area contributed by atoms with Crippen LogP contribution >= 0.6 is 0 Å². The predicted molar refractivity (Wildman–Crippen MR) is 84.4 cm³/mol. The minimum atomic E-state index is -4.41. The number of nitrogens with zero attached hydrogens (tertiary/aromatic N) is 2. The van der Waals surface area contributed by atoms with Gasteiger partial charge in [-0.2, -0.15) is 13.2 Å². The highest BCUT2D eigenvalue weighted by molar-refractivity contribution is 5.74. The zero-order valence-electron chi connectivity index (χ0n) is 13.6. The summed E-state index contributed by atoms with van der Waals surface area (Å²) in [7, 11) is 1.53. The number of carbonyl (C=O) groups is 1. The van der Waals surface area contributed by atoms with Gasteiger partial charge in [-0.3, -0.25) is 4.90 Å². The first-order valence-electron chi connectivity index (χ1n) is 8.27. The fourth-order valence-electron chi connectivity index (χ4n) is 3.78. The van der Waals surface area contributed by atoms with Gasteiger partial charge in [0, 0.05) is 32.2 Å². The average Bonchev–Trinajstić information content (AvgIpc) is 3.11. The maximum atomic E-state index is 13.0. The fraction of sp³-hybridized carbons (Fsp3) is 0.588. The molecular formula is C17H22F3N3O. The van der Waals surface area contributed by atoms with E-state index in [0.29, 0.717) is 6.04 Å². The average molecular weight is 341 g/mol. The lowest BCUT2D eigenvalue weighted by molar-refractivity contribution is -0.138. The maximum Gasteiger partial charge on any atom is 0.416 e. The van der Waals surface area contributed by atoms with Crippen LogP contribution in [0, 0.1) is 0 Å². The molecule has 2 amide bonds. The van der Waals surface area contributed by atoms with Gasteiger partial charge in [0.15, 0.2) is 0 Å². The number of hydrogen-bond donors (Lipinski definition) is 1. The quantitative estimate of drug-likeness (QED) is 0.917. The normalized spacial score (nSPS) is 24.0. The Morgan fingerprint density at radius 2 is 2.04 bits per heavy atom. The molecule has 2 saturated heterocycles. The van der Waals surface area contributed by atoms with Crippen LogP contribution in [0.1, 0.15) is 30.4 Å². The van der Waals surface area contributed by atoms with E-state index >= 15 is 0 Å². The molecule has 2 aliphatic rings. The van der Waals surface area contributed by atoms with E-state index in [1.807, 2.05) is 0 Å². The van der Waals surface area contributed by atoms with Crippen molar-refractivity contribution in [3.8, 4) is 0 Å². The van der Waals surface area contributed by atoms with E-state index in [2.05, 4.69) is 10.2 Å². The molecule has 1 aromatic rings. The van der Waals surface area contributed by atoms with E-state index in [0.717, 1.165) is 38.4 Å². The first-order valence-corrected chi connectivity index (χ1v) is 8.27. The second-order valence-electron chi connectivity index (χ2n) is 6.60. The number of alkyl halides is 3. The molecule has 0 saturated carbocycles. The summed E-state index contributed by atoms with van der Waals surface area (Å²) in [6.07, 6.45) is -1.29. The lowest BCUT2D eigenvalue weighted by Crippen LogP contribution is -2.47. The van der Waals surface area contributed by atoms with E-state index < -0.39 is 11.7 Å². The summed E-state index contributed by atoms with van der Waals surface area (Å²) in [5.41, 5.74) is -0.580. The molecule has 0 unspecified atom stereocenters. The summed E-state index contributed by atoms with van der Waals surface area (Å²) in [4.78, 5) is 16.1. The summed E-state index contributed by atoms with van der Waals surface area (Å²) in [5, 5.41) is 2.99. The van der Waals surface area contributed by atoms with Gasteiger partial charge in [0.1, 0.15) is 0 Å². The van der Waals surface area contributed by atoms with Crippen LogP contribution in [0.15, 0.2) is 24.3 Å². The van der Waals surface area contributed by atoms with Gasteiger partial charge in [-0.15, -0.1) is 0 Å². The minimum Gasteiger partial charge on any atom is -0.334 e. The highest BCUT2D eigenvalue weighted by Crippen LogP contribution is 2.32. The highest BCUT2D eigenvalue weighted by Gasteiger charge is 2.38. The molecule has 1 aromatic carbocycles. The Balaban J connectivity index is 1.63. The third kappa shape index (κ3) is 3.50. The first kappa shape index (κ1) is 17.1. The Morgan fingerprint density at radius 3 is 2.79 bits per heavy atom. The Kier molecular flexibility index (Phi) is 4.71. The number of carbonyl (C=O) groups excluding carboxylic acids is 1. The van der Waals surface area contributed by atoms with Crippen LogP contribution < -0.4 is 5.32 Å². The molecule has 132 valence electrons. The van der Waals surface area contributed by atoms with Gasteiger partial charge in [-0.25, -0.2) is 4.79 Å². The van der Waals surface area contributed by atoms with Crippen LogP contribution in [0.4, 0.5) is 18.0 Å². The number of amides is 2. The SMILES string of the molecule is CN(Cc1ccccc1C(F)(F)F)C(=O)N[C@H]1CCN2CCC[C@@H]12. The minimum absolute atomic E-state index is 0.0668. The lowest BCUT2D eigenvalue weighted by atomic mass is 10.1. The van der Waals surface area contributed by atoms with Gasteiger partial charge in [0.2, 0.25) is 0 Å². The summed E-state index contributed by atoms with van der Waals surface area (Å²) >= 11 is 0. The molecule has 0 bridgehead atoms. The zero-order chi connectivity index (χ0) is 17.3. The number of rotatable bonds is 3. The molecule has 3 rings (SSSR count). The predicted octanol–water partition coefficient (Wildman–Crippen LogP) is 3.08. The van der Waals surface area contributed by atoms with Crippen molar-refractivity contribution in [2.75, 3.05) is 20.1 Å². The van der Waals surface area contributed by atoms with Gasteiger partial charge in [0.05, 0.1) is 5.56 Å². The fourth-order valence-corrected chi connectivity index (χ4v) is 3.78. The maximum absolute atomic E-state index is 13.0. The largest absolute Gasteiger partial charge is 0.416 e. The second kappa shape index (κ2) is 6.63. The van der Waals surface area contributed by atoms with Crippen molar-refractivity contribution in [3.05, 3.63) is 35.4 Å².